The van der Waals surface area contributed by atoms with Crippen molar-refractivity contribution in [1.82, 2.24) is 10.4 Å². The quantitative estimate of drug-likeness (QED) is 0.563. The minimum Gasteiger partial charge on any atom is -0.494 e. The lowest BCUT2D eigenvalue weighted by atomic mass is 10.0. The lowest BCUT2D eigenvalue weighted by molar-refractivity contribution is 0.309. The van der Waals surface area contributed by atoms with Crippen LogP contribution in [0.1, 0.15) is 36.5 Å². The summed E-state index contributed by atoms with van der Waals surface area (Å²) in [5, 5.41) is 5.29. The molecular formula is C23H21ClN4O. The van der Waals surface area contributed by atoms with Crippen LogP contribution in [-0.2, 0) is 0 Å². The number of fused-ring (bicyclic) bond motifs is 1. The Hall–Kier alpha value is -3.18. The van der Waals surface area contributed by atoms with Crippen LogP contribution in [-0.4, -0.2) is 23.1 Å². The van der Waals surface area contributed by atoms with Gasteiger partial charge in [0.05, 0.1) is 12.3 Å². The highest BCUT2D eigenvalue weighted by atomic mass is 35.5. The molecule has 29 heavy (non-hydrogen) atoms. The van der Waals surface area contributed by atoms with Crippen molar-refractivity contribution in [3.8, 4) is 5.75 Å². The Morgan fingerprint density at radius 3 is 2.52 bits per heavy atom. The van der Waals surface area contributed by atoms with E-state index < -0.39 is 0 Å². The van der Waals surface area contributed by atoms with Crippen LogP contribution in [0.5, 0.6) is 5.75 Å². The summed E-state index contributed by atoms with van der Waals surface area (Å²) in [6.07, 6.45) is 5.61. The molecule has 5 nitrogen and oxygen atoms in total. The van der Waals surface area contributed by atoms with Crippen molar-refractivity contribution in [2.75, 3.05) is 6.61 Å². The molecule has 0 atom stereocenters. The smallest absolute Gasteiger partial charge is 0.154 e. The number of ether oxygens (including phenoxy) is 1. The van der Waals surface area contributed by atoms with Crippen LogP contribution in [0, 0.1) is 0 Å². The molecule has 0 unspecified atom stereocenters. The van der Waals surface area contributed by atoms with E-state index in [4.69, 9.17) is 21.3 Å². The largest absolute Gasteiger partial charge is 0.494 e. The van der Waals surface area contributed by atoms with Gasteiger partial charge in [0.2, 0.25) is 0 Å². The number of rotatable bonds is 6. The first-order valence-corrected chi connectivity index (χ1v) is 9.98. The standard InChI is InChI=1S/C23H21ClN4O/c1-2-3-14-29-19-7-4-16(5-8-19)22-20-15-18(24)6-9-21(20)26-23(28-27-22)17-10-12-25-13-11-17/h4-13,15H,2-3,14H2,1H3,(H,26,28). The van der Waals surface area contributed by atoms with Gasteiger partial charge < -0.3 is 4.74 Å². The minimum atomic E-state index is 0.638. The number of aliphatic imine (C=N–C) groups is 1. The summed E-state index contributed by atoms with van der Waals surface area (Å²) in [4.78, 5) is 8.84. The van der Waals surface area contributed by atoms with Crippen molar-refractivity contribution in [2.45, 2.75) is 19.8 Å². The third-order valence-corrected chi connectivity index (χ3v) is 4.80. The molecule has 0 amide bonds. The number of hydrazone groups is 1. The van der Waals surface area contributed by atoms with Crippen LogP contribution in [0.4, 0.5) is 5.69 Å². The second-order valence-corrected chi connectivity index (χ2v) is 7.09. The van der Waals surface area contributed by atoms with E-state index in [1.807, 2.05) is 54.6 Å². The maximum absolute atomic E-state index is 6.28. The van der Waals surface area contributed by atoms with E-state index in [-0.39, 0.29) is 0 Å². The predicted molar refractivity (Wildman–Crippen MR) is 118 cm³/mol. The molecule has 0 saturated carbocycles. The summed E-state index contributed by atoms with van der Waals surface area (Å²) in [6, 6.07) is 17.4. The van der Waals surface area contributed by atoms with Crippen molar-refractivity contribution >= 4 is 28.8 Å². The molecule has 1 N–H and O–H groups in total. The summed E-state index contributed by atoms with van der Waals surface area (Å²) in [5.41, 5.74) is 7.41. The van der Waals surface area contributed by atoms with E-state index in [2.05, 4.69) is 22.4 Å². The lowest BCUT2D eigenvalue weighted by Gasteiger charge is -2.10. The Bertz CT molecular complexity index is 1050. The molecule has 0 fully saturated rings. The topological polar surface area (TPSA) is 58.9 Å². The van der Waals surface area contributed by atoms with Gasteiger partial charge in [-0.1, -0.05) is 24.9 Å². The maximum Gasteiger partial charge on any atom is 0.154 e. The van der Waals surface area contributed by atoms with Crippen LogP contribution in [0.2, 0.25) is 5.02 Å². The first-order chi connectivity index (χ1) is 14.2. The SMILES string of the molecule is CCCCOc1ccc(C2=NNC(c3ccncc3)=Nc3ccc(Cl)cc32)cc1. The van der Waals surface area contributed by atoms with E-state index >= 15 is 0 Å². The molecule has 0 aliphatic carbocycles. The number of amidine groups is 1. The fourth-order valence-corrected chi connectivity index (χ4v) is 3.18. The van der Waals surface area contributed by atoms with E-state index in [1.165, 1.54) is 0 Å². The number of hydrogen-bond acceptors (Lipinski definition) is 5. The average molecular weight is 405 g/mol. The molecule has 0 spiro atoms. The molecule has 4 rings (SSSR count). The molecule has 0 bridgehead atoms. The van der Waals surface area contributed by atoms with Crippen molar-refractivity contribution in [3.63, 3.8) is 0 Å². The second-order valence-electron chi connectivity index (χ2n) is 6.66. The van der Waals surface area contributed by atoms with Crippen LogP contribution in [0.3, 0.4) is 0 Å². The van der Waals surface area contributed by atoms with Crippen molar-refractivity contribution in [1.29, 1.82) is 0 Å². The lowest BCUT2D eigenvalue weighted by Crippen LogP contribution is -2.19. The van der Waals surface area contributed by atoms with Crippen LogP contribution >= 0.6 is 11.6 Å². The Morgan fingerprint density at radius 2 is 1.76 bits per heavy atom. The minimum absolute atomic E-state index is 0.638. The normalized spacial score (nSPS) is 12.9. The van der Waals surface area contributed by atoms with Gasteiger partial charge in [0.25, 0.3) is 0 Å². The van der Waals surface area contributed by atoms with Crippen LogP contribution in [0.25, 0.3) is 0 Å². The monoisotopic (exact) mass is 404 g/mol. The summed E-state index contributed by atoms with van der Waals surface area (Å²) in [7, 11) is 0. The number of hydrogen-bond donors (Lipinski definition) is 1. The summed E-state index contributed by atoms with van der Waals surface area (Å²) in [5.74, 6) is 1.51. The van der Waals surface area contributed by atoms with Gasteiger partial charge in [-0.25, -0.2) is 4.99 Å². The van der Waals surface area contributed by atoms with Crippen molar-refractivity contribution in [2.24, 2.45) is 10.1 Å². The Kier molecular flexibility index (Phi) is 5.86. The van der Waals surface area contributed by atoms with Crippen molar-refractivity contribution < 1.29 is 4.74 Å². The molecular weight excluding hydrogens is 384 g/mol. The fourth-order valence-electron chi connectivity index (χ4n) is 3.01. The molecule has 1 aliphatic rings. The third kappa shape index (κ3) is 4.46. The van der Waals surface area contributed by atoms with E-state index in [0.717, 1.165) is 53.3 Å². The number of benzene rings is 2. The van der Waals surface area contributed by atoms with Gasteiger partial charge in [0, 0.05) is 34.1 Å². The summed E-state index contributed by atoms with van der Waals surface area (Å²) >= 11 is 6.28. The predicted octanol–water partition coefficient (Wildman–Crippen LogP) is 5.35. The molecule has 0 saturated heterocycles. The number of pyridine rings is 1. The average Bonchev–Trinajstić information content (AvgIpc) is 2.95. The first kappa shape index (κ1) is 19.2. The van der Waals surface area contributed by atoms with Crippen molar-refractivity contribution in [3.05, 3.63) is 88.7 Å². The molecule has 6 heteroatoms. The highest BCUT2D eigenvalue weighted by molar-refractivity contribution is 6.31. The van der Waals surface area contributed by atoms with Gasteiger partial charge in [-0.2, -0.15) is 5.10 Å². The van der Waals surface area contributed by atoms with Crippen LogP contribution in [0.15, 0.2) is 77.1 Å². The fraction of sp³-hybridized carbons (Fsp3) is 0.174. The Labute approximate surface area is 175 Å². The van der Waals surface area contributed by atoms with Gasteiger partial charge >= 0.3 is 0 Å². The highest BCUT2D eigenvalue weighted by Gasteiger charge is 2.18. The number of nitrogens with zero attached hydrogens (tertiary/aromatic N) is 3. The molecule has 1 aliphatic heterocycles. The molecule has 2 aromatic carbocycles. The maximum atomic E-state index is 6.28. The molecule has 146 valence electrons. The van der Waals surface area contributed by atoms with Gasteiger partial charge in [0.1, 0.15) is 11.5 Å². The van der Waals surface area contributed by atoms with Gasteiger partial charge in [-0.3, -0.25) is 10.4 Å². The number of unbranched alkanes of at least 4 members (excludes halogenated alkanes) is 1. The van der Waals surface area contributed by atoms with Gasteiger partial charge in [-0.15, -0.1) is 0 Å². The summed E-state index contributed by atoms with van der Waals surface area (Å²) < 4.78 is 5.77. The first-order valence-electron chi connectivity index (χ1n) is 9.60. The van der Waals surface area contributed by atoms with Gasteiger partial charge in [0.15, 0.2) is 5.84 Å². The summed E-state index contributed by atoms with van der Waals surface area (Å²) in [6.45, 7) is 2.87. The zero-order valence-corrected chi connectivity index (χ0v) is 16.9. The van der Waals surface area contributed by atoms with E-state index in [0.29, 0.717) is 10.9 Å². The number of halogens is 1. The molecule has 3 aromatic rings. The number of aromatic nitrogens is 1. The highest BCUT2D eigenvalue weighted by Crippen LogP contribution is 2.29. The molecule has 1 aromatic heterocycles. The number of nitrogens with one attached hydrogen (secondary N) is 1. The molecule has 2 heterocycles. The third-order valence-electron chi connectivity index (χ3n) is 4.57. The zero-order chi connectivity index (χ0) is 20.1. The van der Waals surface area contributed by atoms with Crippen LogP contribution < -0.4 is 10.2 Å². The Morgan fingerprint density at radius 1 is 0.966 bits per heavy atom. The molecule has 0 radical (unpaired) electrons. The zero-order valence-electron chi connectivity index (χ0n) is 16.1. The van der Waals surface area contributed by atoms with E-state index in [1.54, 1.807) is 12.4 Å². The Balaban J connectivity index is 1.70. The van der Waals surface area contributed by atoms with E-state index in [9.17, 15) is 0 Å². The van der Waals surface area contributed by atoms with Gasteiger partial charge in [-0.05, 0) is 61.0 Å². The second kappa shape index (κ2) is 8.88.